The Balaban J connectivity index is 2.72. The van der Waals surface area contributed by atoms with Gasteiger partial charge in [0.25, 0.3) is 0 Å². The molecule has 2 rings (SSSR count). The number of benzene rings is 1. The van der Waals surface area contributed by atoms with Crippen LogP contribution in [0.15, 0.2) is 39.5 Å². The number of rotatable bonds is 2. The van der Waals surface area contributed by atoms with E-state index >= 15 is 0 Å². The highest BCUT2D eigenvalue weighted by molar-refractivity contribution is 5.61. The molecular weight excluding hydrogens is 212 g/mol. The van der Waals surface area contributed by atoms with E-state index in [1.54, 1.807) is 0 Å². The zero-order valence-electron chi connectivity index (χ0n) is 10.4. The summed E-state index contributed by atoms with van der Waals surface area (Å²) in [6.07, 6.45) is 0.737. The highest BCUT2D eigenvalue weighted by atomic mass is 16.3. The lowest BCUT2D eigenvalue weighted by Crippen LogP contribution is -2.12. The molecule has 2 nitrogen and oxygen atoms in total. The summed E-state index contributed by atoms with van der Waals surface area (Å²) in [5, 5.41) is 0. The summed E-state index contributed by atoms with van der Waals surface area (Å²) in [7, 11) is 0. The molecule has 0 spiro atoms. The van der Waals surface area contributed by atoms with E-state index < -0.39 is 0 Å². The van der Waals surface area contributed by atoms with Gasteiger partial charge < -0.3 is 4.42 Å². The van der Waals surface area contributed by atoms with Gasteiger partial charge in [0.2, 0.25) is 0 Å². The van der Waals surface area contributed by atoms with Crippen LogP contribution < -0.4 is 5.43 Å². The van der Waals surface area contributed by atoms with Gasteiger partial charge in [-0.3, -0.25) is 4.79 Å². The average Bonchev–Trinajstić information content (AvgIpc) is 2.37. The van der Waals surface area contributed by atoms with E-state index in [0.717, 1.165) is 23.3 Å². The second-order valence-corrected chi connectivity index (χ2v) is 4.15. The first-order valence-corrected chi connectivity index (χ1v) is 5.83. The molecule has 2 heteroatoms. The summed E-state index contributed by atoms with van der Waals surface area (Å²) in [6, 6.07) is 9.76. The lowest BCUT2D eigenvalue weighted by atomic mass is 10.0. The molecule has 0 amide bonds. The Bertz CT molecular complexity index is 580. The van der Waals surface area contributed by atoms with Gasteiger partial charge in [-0.15, -0.1) is 0 Å². The Kier molecular flexibility index (Phi) is 3.14. The maximum Gasteiger partial charge on any atom is 0.191 e. The summed E-state index contributed by atoms with van der Waals surface area (Å²) in [4.78, 5) is 12.1. The predicted octanol–water partition coefficient (Wildman–Crippen LogP) is 3.49. The maximum atomic E-state index is 12.1. The molecule has 2 aromatic rings. The minimum Gasteiger partial charge on any atom is -0.460 e. The third-order valence-electron chi connectivity index (χ3n) is 3.02. The average molecular weight is 228 g/mol. The van der Waals surface area contributed by atoms with Crippen LogP contribution in [0.25, 0.3) is 11.3 Å². The van der Waals surface area contributed by atoms with E-state index in [1.165, 1.54) is 0 Å². The second kappa shape index (κ2) is 4.58. The van der Waals surface area contributed by atoms with Crippen molar-refractivity contribution in [1.82, 2.24) is 0 Å². The van der Waals surface area contributed by atoms with E-state index in [4.69, 9.17) is 4.42 Å². The van der Waals surface area contributed by atoms with Crippen LogP contribution in [0, 0.1) is 13.8 Å². The van der Waals surface area contributed by atoms with Crippen molar-refractivity contribution in [3.63, 3.8) is 0 Å². The van der Waals surface area contributed by atoms with Crippen LogP contribution in [-0.2, 0) is 6.42 Å². The van der Waals surface area contributed by atoms with Crippen molar-refractivity contribution in [2.45, 2.75) is 27.2 Å². The first-order valence-electron chi connectivity index (χ1n) is 5.83. The van der Waals surface area contributed by atoms with E-state index in [9.17, 15) is 4.79 Å². The number of hydrogen-bond acceptors (Lipinski definition) is 2. The highest BCUT2D eigenvalue weighted by Gasteiger charge is 2.13. The van der Waals surface area contributed by atoms with Crippen molar-refractivity contribution in [2.24, 2.45) is 0 Å². The van der Waals surface area contributed by atoms with E-state index in [-0.39, 0.29) is 5.43 Å². The molecule has 0 aliphatic heterocycles. The molecule has 0 saturated heterocycles. The SMILES string of the molecule is CCc1oc(-c2ccccc2)c(C)c(=O)c1C. The second-order valence-electron chi connectivity index (χ2n) is 4.15. The molecule has 0 N–H and O–H groups in total. The fourth-order valence-corrected chi connectivity index (χ4v) is 1.99. The van der Waals surface area contributed by atoms with Crippen molar-refractivity contribution < 1.29 is 4.42 Å². The van der Waals surface area contributed by atoms with Crippen molar-refractivity contribution in [2.75, 3.05) is 0 Å². The number of aryl methyl sites for hydroxylation is 1. The largest absolute Gasteiger partial charge is 0.460 e. The monoisotopic (exact) mass is 228 g/mol. The third-order valence-corrected chi connectivity index (χ3v) is 3.02. The minimum absolute atomic E-state index is 0.0898. The van der Waals surface area contributed by atoms with Crippen LogP contribution in [0.1, 0.15) is 23.8 Å². The molecule has 0 radical (unpaired) electrons. The summed E-state index contributed by atoms with van der Waals surface area (Å²) < 4.78 is 5.86. The predicted molar refractivity (Wildman–Crippen MR) is 69.3 cm³/mol. The fourth-order valence-electron chi connectivity index (χ4n) is 1.99. The lowest BCUT2D eigenvalue weighted by Gasteiger charge is -2.09. The van der Waals surface area contributed by atoms with E-state index in [0.29, 0.717) is 11.3 Å². The Hall–Kier alpha value is -1.83. The fraction of sp³-hybridized carbons (Fsp3) is 0.267. The van der Waals surface area contributed by atoms with Gasteiger partial charge in [-0.05, 0) is 13.8 Å². The molecule has 0 aliphatic carbocycles. The molecule has 88 valence electrons. The Morgan fingerprint density at radius 2 is 1.71 bits per heavy atom. The van der Waals surface area contributed by atoms with E-state index in [1.807, 2.05) is 51.1 Å². The Morgan fingerprint density at radius 3 is 2.29 bits per heavy atom. The molecule has 0 atom stereocenters. The van der Waals surface area contributed by atoms with E-state index in [2.05, 4.69) is 0 Å². The molecular formula is C15H16O2. The summed E-state index contributed by atoms with van der Waals surface area (Å²) in [5.41, 5.74) is 2.46. The quantitative estimate of drug-likeness (QED) is 0.787. The topological polar surface area (TPSA) is 30.2 Å². The first kappa shape index (κ1) is 11.6. The van der Waals surface area contributed by atoms with Crippen LogP contribution in [0.5, 0.6) is 0 Å². The van der Waals surface area contributed by atoms with Crippen molar-refractivity contribution in [1.29, 1.82) is 0 Å². The van der Waals surface area contributed by atoms with Gasteiger partial charge in [0.15, 0.2) is 5.43 Å². The maximum absolute atomic E-state index is 12.1. The first-order chi connectivity index (χ1) is 8.15. The molecule has 1 aromatic carbocycles. The normalized spacial score (nSPS) is 10.5. The third kappa shape index (κ3) is 2.03. The Labute approximate surface area is 101 Å². The van der Waals surface area contributed by atoms with Gasteiger partial charge in [0.1, 0.15) is 11.5 Å². The van der Waals surface area contributed by atoms with Crippen LogP contribution in [0.2, 0.25) is 0 Å². The van der Waals surface area contributed by atoms with Gasteiger partial charge in [-0.2, -0.15) is 0 Å². The summed E-state index contributed by atoms with van der Waals surface area (Å²) in [6.45, 7) is 5.64. The zero-order valence-corrected chi connectivity index (χ0v) is 10.4. The van der Waals surface area contributed by atoms with Crippen molar-refractivity contribution in [3.05, 3.63) is 57.4 Å². The summed E-state index contributed by atoms with van der Waals surface area (Å²) in [5.74, 6) is 1.47. The van der Waals surface area contributed by atoms with Gasteiger partial charge in [0, 0.05) is 23.1 Å². The van der Waals surface area contributed by atoms with Crippen molar-refractivity contribution >= 4 is 0 Å². The lowest BCUT2D eigenvalue weighted by molar-refractivity contribution is 0.501. The van der Waals surface area contributed by atoms with Crippen molar-refractivity contribution in [3.8, 4) is 11.3 Å². The smallest absolute Gasteiger partial charge is 0.191 e. The molecule has 17 heavy (non-hydrogen) atoms. The molecule has 0 fully saturated rings. The minimum atomic E-state index is 0.0898. The van der Waals surface area contributed by atoms with Gasteiger partial charge in [-0.25, -0.2) is 0 Å². The van der Waals surface area contributed by atoms with Gasteiger partial charge in [0.05, 0.1) is 0 Å². The molecule has 0 unspecified atom stereocenters. The molecule has 1 aromatic heterocycles. The summed E-state index contributed by atoms with van der Waals surface area (Å²) >= 11 is 0. The van der Waals surface area contributed by atoms with Crippen LogP contribution >= 0.6 is 0 Å². The van der Waals surface area contributed by atoms with Gasteiger partial charge >= 0.3 is 0 Å². The van der Waals surface area contributed by atoms with Crippen LogP contribution in [0.4, 0.5) is 0 Å². The molecule has 0 saturated carbocycles. The van der Waals surface area contributed by atoms with Crippen LogP contribution in [0.3, 0.4) is 0 Å². The zero-order chi connectivity index (χ0) is 12.4. The molecule has 0 aliphatic rings. The highest BCUT2D eigenvalue weighted by Crippen LogP contribution is 2.23. The molecule has 1 heterocycles. The van der Waals surface area contributed by atoms with Crippen LogP contribution in [-0.4, -0.2) is 0 Å². The van der Waals surface area contributed by atoms with Gasteiger partial charge in [-0.1, -0.05) is 37.3 Å². The number of hydrogen-bond donors (Lipinski definition) is 0. The Morgan fingerprint density at radius 1 is 1.06 bits per heavy atom. The molecule has 0 bridgehead atoms. The standard InChI is InChI=1S/C15H16O2/c1-4-13-10(2)14(16)11(3)15(17-13)12-8-6-5-7-9-12/h5-9H,4H2,1-3H3.